The minimum absolute atomic E-state index is 0.231. The summed E-state index contributed by atoms with van der Waals surface area (Å²) in [4.78, 5) is 13.5. The van der Waals surface area contributed by atoms with Crippen LogP contribution in [0.5, 0.6) is 0 Å². The Bertz CT molecular complexity index is 2150. The Hall–Kier alpha value is -3.29. The first-order valence-electron chi connectivity index (χ1n) is 38.5. The fourth-order valence-corrected chi connectivity index (χ4v) is 12.5. The van der Waals surface area contributed by atoms with Crippen LogP contribution in [0.3, 0.4) is 0 Å². The Kier molecular flexibility index (Phi) is 53.7. The number of carbonyl (C=O) groups is 1. The minimum Gasteiger partial charge on any atom is -0.394 e. The summed E-state index contributed by atoms with van der Waals surface area (Å²) in [7, 11) is 0. The van der Waals surface area contributed by atoms with Crippen molar-refractivity contribution in [2.75, 3.05) is 26.4 Å². The molecule has 3 aliphatic rings. The molecule has 0 radical (unpaired) electrons. The van der Waals surface area contributed by atoms with Gasteiger partial charge in [0.2, 0.25) is 5.91 Å². The number of aliphatic hydroxyl groups is 11. The van der Waals surface area contributed by atoms with Crippen molar-refractivity contribution in [3.8, 4) is 0 Å². The van der Waals surface area contributed by atoms with Crippen molar-refractivity contribution >= 4 is 5.91 Å². The van der Waals surface area contributed by atoms with Gasteiger partial charge in [-0.25, -0.2) is 0 Å². The lowest BCUT2D eigenvalue weighted by molar-refractivity contribution is -0.379. The van der Waals surface area contributed by atoms with Gasteiger partial charge in [0, 0.05) is 6.42 Å². The van der Waals surface area contributed by atoms with E-state index in [2.05, 4.69) is 116 Å². The minimum atomic E-state index is -1.98. The third-order valence-electron chi connectivity index (χ3n) is 18.7. The standard InChI is InChI=1S/C79H137NO18/c1-3-5-7-9-11-13-15-17-19-21-23-25-27-29-30-31-32-33-35-37-39-41-43-45-47-49-51-53-55-57-67(85)80-62(63(84)56-54-52-50-48-46-44-42-40-38-36-34-28-26-24-22-20-18-16-14-12-10-8-6-4-2)61-93-77-73(91)70(88)75(65(59-82)95-77)98-79-74(92)71(89)76(66(60-83)96-79)97-78-72(90)69(87)68(86)64(58-81)94-78/h5,7,11,13,17,19,23,25,29-30,32-33,37,39,43,45,62-66,68-79,81-84,86-92H,3-4,6,8-10,12,14-16,18,20-22,24,26-28,31,34-36,38,40-42,44,46-61H2,1-2H3,(H,80,85)/b7-5-,13-11-,19-17-,25-23-,30-29-,33-32-,39-37-,45-43-. The van der Waals surface area contributed by atoms with Gasteiger partial charge in [0.25, 0.3) is 0 Å². The zero-order chi connectivity index (χ0) is 71.1. The molecule has 98 heavy (non-hydrogen) atoms. The number of allylic oxidation sites excluding steroid dienone is 16. The van der Waals surface area contributed by atoms with Crippen molar-refractivity contribution in [2.24, 2.45) is 0 Å². The second-order valence-corrected chi connectivity index (χ2v) is 27.1. The summed E-state index contributed by atoms with van der Waals surface area (Å²) in [6.07, 6.45) is 51.9. The van der Waals surface area contributed by atoms with Crippen molar-refractivity contribution in [3.05, 3.63) is 97.2 Å². The molecule has 17 atom stereocenters. The maximum Gasteiger partial charge on any atom is 0.220 e. The monoisotopic (exact) mass is 1390 g/mol. The highest BCUT2D eigenvalue weighted by atomic mass is 16.8. The van der Waals surface area contributed by atoms with Crippen LogP contribution in [-0.4, -0.2) is 193 Å². The van der Waals surface area contributed by atoms with Gasteiger partial charge >= 0.3 is 0 Å². The zero-order valence-electron chi connectivity index (χ0n) is 60.2. The SMILES string of the molecule is CC/C=C\C/C=C\C/C=C\C/C=C\C/C=C\C/C=C\C/C=C\C/C=C\CCCCCCC(=O)NC(COC1OC(CO)C(OC2OC(CO)C(OC3OC(CO)C(O)C(O)C3O)C(O)C2O)C(O)C1O)C(O)CCCCCCCCCCCCCCCCCCCCCCCCCC. The largest absolute Gasteiger partial charge is 0.394 e. The number of carbonyl (C=O) groups excluding carboxylic acids is 1. The lowest BCUT2D eigenvalue weighted by Crippen LogP contribution is -2.66. The van der Waals surface area contributed by atoms with Crippen LogP contribution in [0.15, 0.2) is 97.2 Å². The van der Waals surface area contributed by atoms with Gasteiger partial charge in [-0.15, -0.1) is 0 Å². The summed E-state index contributed by atoms with van der Waals surface area (Å²) in [5.41, 5.74) is 0. The van der Waals surface area contributed by atoms with Crippen molar-refractivity contribution in [2.45, 2.75) is 369 Å². The summed E-state index contributed by atoms with van der Waals surface area (Å²) >= 11 is 0. The van der Waals surface area contributed by atoms with Crippen LogP contribution in [0.25, 0.3) is 0 Å². The number of amides is 1. The summed E-state index contributed by atoms with van der Waals surface area (Å²) in [6.45, 7) is 1.68. The highest BCUT2D eigenvalue weighted by Crippen LogP contribution is 2.33. The van der Waals surface area contributed by atoms with E-state index in [1.54, 1.807) is 0 Å². The smallest absolute Gasteiger partial charge is 0.220 e. The average molecular weight is 1390 g/mol. The van der Waals surface area contributed by atoms with Gasteiger partial charge in [-0.3, -0.25) is 4.79 Å². The van der Waals surface area contributed by atoms with Crippen LogP contribution < -0.4 is 5.32 Å². The Morgan fingerprint density at radius 1 is 0.378 bits per heavy atom. The predicted octanol–water partition coefficient (Wildman–Crippen LogP) is 12.0. The zero-order valence-corrected chi connectivity index (χ0v) is 60.2. The van der Waals surface area contributed by atoms with E-state index in [-0.39, 0.29) is 18.9 Å². The van der Waals surface area contributed by atoms with Crippen molar-refractivity contribution < 1.29 is 89.4 Å². The van der Waals surface area contributed by atoms with E-state index in [1.807, 2.05) is 0 Å². The first-order chi connectivity index (χ1) is 47.8. The van der Waals surface area contributed by atoms with E-state index in [4.69, 9.17) is 28.4 Å². The number of rotatable bonds is 59. The quantitative estimate of drug-likeness (QED) is 0.0199. The maximum atomic E-state index is 13.5. The molecule has 12 N–H and O–H groups in total. The molecule has 0 spiro atoms. The Morgan fingerprint density at radius 3 is 1.10 bits per heavy atom. The van der Waals surface area contributed by atoms with Crippen LogP contribution in [0.2, 0.25) is 0 Å². The molecule has 566 valence electrons. The molecule has 3 heterocycles. The number of aliphatic hydroxyl groups excluding tert-OH is 11. The fraction of sp³-hybridized carbons (Fsp3) is 0.785. The molecule has 0 aromatic carbocycles. The third-order valence-corrected chi connectivity index (χ3v) is 18.7. The van der Waals surface area contributed by atoms with E-state index in [9.17, 15) is 61.0 Å². The fourth-order valence-electron chi connectivity index (χ4n) is 12.5. The van der Waals surface area contributed by atoms with Gasteiger partial charge in [-0.05, 0) is 77.0 Å². The number of hydrogen-bond acceptors (Lipinski definition) is 18. The van der Waals surface area contributed by atoms with Gasteiger partial charge in [-0.2, -0.15) is 0 Å². The van der Waals surface area contributed by atoms with Gasteiger partial charge < -0.3 is 89.9 Å². The first kappa shape index (κ1) is 88.9. The second kappa shape index (κ2) is 59.1. The Balaban J connectivity index is 1.41. The van der Waals surface area contributed by atoms with E-state index >= 15 is 0 Å². The molecule has 3 aliphatic heterocycles. The number of nitrogens with one attached hydrogen (secondary N) is 1. The number of unbranched alkanes of at least 4 members (excludes halogenated alkanes) is 27. The normalized spacial score (nSPS) is 27.3. The van der Waals surface area contributed by atoms with Gasteiger partial charge in [0.1, 0.15) is 73.2 Å². The summed E-state index contributed by atoms with van der Waals surface area (Å²) in [5, 5.41) is 121. The first-order valence-corrected chi connectivity index (χ1v) is 38.5. The lowest BCUT2D eigenvalue weighted by atomic mass is 9.96. The molecule has 3 fully saturated rings. The molecule has 1 amide bonds. The molecule has 0 aliphatic carbocycles. The van der Waals surface area contributed by atoms with Crippen molar-refractivity contribution in [3.63, 3.8) is 0 Å². The van der Waals surface area contributed by atoms with E-state index < -0.39 is 124 Å². The van der Waals surface area contributed by atoms with Crippen LogP contribution in [0, 0.1) is 0 Å². The van der Waals surface area contributed by atoms with Crippen LogP contribution >= 0.6 is 0 Å². The molecular weight excluding hydrogens is 1250 g/mol. The Labute approximate surface area is 590 Å². The molecule has 17 unspecified atom stereocenters. The molecule has 19 nitrogen and oxygen atoms in total. The molecule has 0 bridgehead atoms. The van der Waals surface area contributed by atoms with Gasteiger partial charge in [0.05, 0.1) is 38.6 Å². The van der Waals surface area contributed by atoms with Crippen LogP contribution in [0.4, 0.5) is 0 Å². The summed E-state index contributed by atoms with van der Waals surface area (Å²) in [6, 6.07) is -0.910. The van der Waals surface area contributed by atoms with Crippen LogP contribution in [0.1, 0.15) is 264 Å². The molecular formula is C79H137NO18. The highest BCUT2D eigenvalue weighted by Gasteiger charge is 2.53. The lowest BCUT2D eigenvalue weighted by Gasteiger charge is -2.48. The van der Waals surface area contributed by atoms with Gasteiger partial charge in [0.15, 0.2) is 18.9 Å². The van der Waals surface area contributed by atoms with Gasteiger partial charge in [-0.1, -0.05) is 278 Å². The Morgan fingerprint density at radius 2 is 0.704 bits per heavy atom. The molecule has 3 saturated heterocycles. The average Bonchev–Trinajstić information content (AvgIpc) is 0.784. The molecule has 19 heteroatoms. The summed E-state index contributed by atoms with van der Waals surface area (Å²) < 4.78 is 34.5. The molecule has 3 rings (SSSR count). The van der Waals surface area contributed by atoms with Crippen molar-refractivity contribution in [1.82, 2.24) is 5.32 Å². The number of hydrogen-bond donors (Lipinski definition) is 12. The molecule has 0 aromatic rings. The molecule has 0 saturated carbocycles. The predicted molar refractivity (Wildman–Crippen MR) is 387 cm³/mol. The highest BCUT2D eigenvalue weighted by molar-refractivity contribution is 5.76. The third kappa shape index (κ3) is 39.4. The topological polar surface area (TPSA) is 307 Å². The van der Waals surface area contributed by atoms with E-state index in [0.29, 0.717) is 12.8 Å². The molecule has 0 aromatic heterocycles. The number of ether oxygens (including phenoxy) is 6. The van der Waals surface area contributed by atoms with E-state index in [0.717, 1.165) is 103 Å². The maximum absolute atomic E-state index is 13.5. The summed E-state index contributed by atoms with van der Waals surface area (Å²) in [5.74, 6) is -0.268. The van der Waals surface area contributed by atoms with Crippen LogP contribution in [-0.2, 0) is 33.2 Å². The van der Waals surface area contributed by atoms with E-state index in [1.165, 1.54) is 128 Å². The second-order valence-electron chi connectivity index (χ2n) is 27.1. The van der Waals surface area contributed by atoms with Crippen molar-refractivity contribution in [1.29, 1.82) is 0 Å².